The van der Waals surface area contributed by atoms with Gasteiger partial charge in [0.2, 0.25) is 5.13 Å². The van der Waals surface area contributed by atoms with Crippen LogP contribution in [0.25, 0.3) is 0 Å². The van der Waals surface area contributed by atoms with Gasteiger partial charge in [-0.2, -0.15) is 4.37 Å². The van der Waals surface area contributed by atoms with E-state index in [-0.39, 0.29) is 0 Å². The minimum Gasteiger partial charge on any atom is -0.357 e. The van der Waals surface area contributed by atoms with Gasteiger partial charge in [0.05, 0.1) is 0 Å². The fourth-order valence-corrected chi connectivity index (χ4v) is 3.59. The van der Waals surface area contributed by atoms with Crippen molar-refractivity contribution in [2.75, 3.05) is 5.32 Å². The van der Waals surface area contributed by atoms with E-state index in [2.05, 4.69) is 42.4 Å². The molecule has 0 aromatic carbocycles. The highest BCUT2D eigenvalue weighted by Crippen LogP contribution is 2.32. The average molecular weight is 267 g/mol. The van der Waals surface area contributed by atoms with E-state index in [4.69, 9.17) is 0 Å². The molecule has 1 aliphatic carbocycles. The molecule has 0 amide bonds. The summed E-state index contributed by atoms with van der Waals surface area (Å²) in [7, 11) is 0. The molecular formula is C14H25N3S. The second kappa shape index (κ2) is 6.00. The van der Waals surface area contributed by atoms with Crippen molar-refractivity contribution in [3.05, 3.63) is 5.82 Å². The fraction of sp³-hybridized carbons (Fsp3) is 0.857. The topological polar surface area (TPSA) is 37.8 Å². The number of hydrogen-bond acceptors (Lipinski definition) is 4. The molecule has 0 saturated heterocycles. The van der Waals surface area contributed by atoms with Crippen LogP contribution in [0.3, 0.4) is 0 Å². The third-order valence-electron chi connectivity index (χ3n) is 3.94. The average Bonchev–Trinajstić information content (AvgIpc) is 2.78. The van der Waals surface area contributed by atoms with Crippen molar-refractivity contribution < 1.29 is 0 Å². The minimum absolute atomic E-state index is 0.420. The number of rotatable bonds is 4. The first-order valence-electron chi connectivity index (χ1n) is 7.18. The Morgan fingerprint density at radius 1 is 1.17 bits per heavy atom. The van der Waals surface area contributed by atoms with Gasteiger partial charge in [0.1, 0.15) is 5.82 Å². The molecule has 4 heteroatoms. The third kappa shape index (κ3) is 3.22. The quantitative estimate of drug-likeness (QED) is 0.884. The maximum Gasteiger partial charge on any atom is 0.202 e. The largest absolute Gasteiger partial charge is 0.357 e. The van der Waals surface area contributed by atoms with Crippen LogP contribution in [-0.2, 0) is 0 Å². The number of nitrogens with zero attached hydrogens (tertiary/aromatic N) is 2. The van der Waals surface area contributed by atoms with Gasteiger partial charge in [-0.15, -0.1) is 0 Å². The van der Waals surface area contributed by atoms with Gasteiger partial charge < -0.3 is 5.32 Å². The molecule has 2 rings (SSSR count). The molecule has 2 unspecified atom stereocenters. The summed E-state index contributed by atoms with van der Waals surface area (Å²) in [6.45, 7) is 8.96. The van der Waals surface area contributed by atoms with Crippen LogP contribution in [0.2, 0.25) is 0 Å². The Balaban J connectivity index is 2.01. The molecule has 1 fully saturated rings. The molecule has 2 atom stereocenters. The van der Waals surface area contributed by atoms with Gasteiger partial charge in [0, 0.05) is 23.5 Å². The Morgan fingerprint density at radius 2 is 1.89 bits per heavy atom. The normalized spacial score (nSPS) is 24.8. The maximum absolute atomic E-state index is 4.59. The second-order valence-electron chi connectivity index (χ2n) is 6.06. The lowest BCUT2D eigenvalue weighted by Gasteiger charge is -2.34. The molecule has 1 heterocycles. The van der Waals surface area contributed by atoms with E-state index in [0.717, 1.165) is 22.8 Å². The Hall–Kier alpha value is -0.640. The smallest absolute Gasteiger partial charge is 0.202 e. The van der Waals surface area contributed by atoms with Crippen LogP contribution < -0.4 is 5.32 Å². The van der Waals surface area contributed by atoms with E-state index in [1.54, 1.807) is 0 Å². The summed E-state index contributed by atoms with van der Waals surface area (Å²) in [6.07, 6.45) is 5.36. The Kier molecular flexibility index (Phi) is 4.60. The molecule has 0 bridgehead atoms. The molecule has 1 N–H and O–H groups in total. The molecular weight excluding hydrogens is 242 g/mol. The first-order valence-corrected chi connectivity index (χ1v) is 7.95. The first kappa shape index (κ1) is 13.8. The Labute approximate surface area is 115 Å². The molecule has 0 radical (unpaired) electrons. The van der Waals surface area contributed by atoms with Crippen molar-refractivity contribution in [2.24, 2.45) is 11.8 Å². The highest BCUT2D eigenvalue weighted by atomic mass is 32.1. The van der Waals surface area contributed by atoms with Crippen LogP contribution in [0.5, 0.6) is 0 Å². The minimum atomic E-state index is 0.420. The molecule has 1 aromatic rings. The highest BCUT2D eigenvalue weighted by molar-refractivity contribution is 7.09. The number of hydrogen-bond donors (Lipinski definition) is 1. The van der Waals surface area contributed by atoms with Crippen molar-refractivity contribution in [1.29, 1.82) is 0 Å². The molecule has 102 valence electrons. The van der Waals surface area contributed by atoms with Crippen molar-refractivity contribution in [3.63, 3.8) is 0 Å². The number of aromatic nitrogens is 2. The zero-order valence-electron chi connectivity index (χ0n) is 11.9. The first-order chi connectivity index (χ1) is 8.58. The summed E-state index contributed by atoms with van der Waals surface area (Å²) in [4.78, 5) is 4.59. The molecule has 0 spiro atoms. The molecule has 3 nitrogen and oxygen atoms in total. The van der Waals surface area contributed by atoms with Gasteiger partial charge in [0.15, 0.2) is 0 Å². The number of nitrogens with one attached hydrogen (secondary N) is 1. The van der Waals surface area contributed by atoms with Gasteiger partial charge in [-0.1, -0.05) is 40.5 Å². The van der Waals surface area contributed by atoms with E-state index >= 15 is 0 Å². The van der Waals surface area contributed by atoms with Crippen LogP contribution in [0, 0.1) is 11.8 Å². The predicted octanol–water partition coefficient (Wildman–Crippen LogP) is 4.29. The number of anilines is 1. The summed E-state index contributed by atoms with van der Waals surface area (Å²) in [5.74, 6) is 2.92. The van der Waals surface area contributed by atoms with Crippen LogP contribution in [0.4, 0.5) is 5.13 Å². The van der Waals surface area contributed by atoms with E-state index in [0.29, 0.717) is 12.0 Å². The SMILES string of the molecule is CC(C)c1nsc(NC2CCCCC2C(C)C)n1. The van der Waals surface area contributed by atoms with Gasteiger partial charge in [0.25, 0.3) is 0 Å². The Morgan fingerprint density at radius 3 is 2.50 bits per heavy atom. The van der Waals surface area contributed by atoms with Gasteiger partial charge in [-0.25, -0.2) is 4.98 Å². The van der Waals surface area contributed by atoms with E-state index in [1.807, 2.05) is 0 Å². The summed E-state index contributed by atoms with van der Waals surface area (Å²) < 4.78 is 4.42. The van der Waals surface area contributed by atoms with E-state index in [9.17, 15) is 0 Å². The molecule has 0 aliphatic heterocycles. The standard InChI is InChI=1S/C14H25N3S/c1-9(2)11-7-5-6-8-12(11)15-14-16-13(10(3)4)17-18-14/h9-12H,5-8H2,1-4H3,(H,15,16,17). The van der Waals surface area contributed by atoms with Crippen molar-refractivity contribution in [1.82, 2.24) is 9.36 Å². The van der Waals surface area contributed by atoms with Gasteiger partial charge in [-0.3, -0.25) is 0 Å². The molecule has 18 heavy (non-hydrogen) atoms. The lowest BCUT2D eigenvalue weighted by molar-refractivity contribution is 0.254. The van der Waals surface area contributed by atoms with Crippen molar-refractivity contribution in [3.8, 4) is 0 Å². The fourth-order valence-electron chi connectivity index (χ4n) is 2.82. The van der Waals surface area contributed by atoms with Gasteiger partial charge in [-0.05, 0) is 24.7 Å². The summed E-state index contributed by atoms with van der Waals surface area (Å²) in [5.41, 5.74) is 0. The third-order valence-corrected chi connectivity index (χ3v) is 4.60. The van der Waals surface area contributed by atoms with Crippen molar-refractivity contribution in [2.45, 2.75) is 65.3 Å². The van der Waals surface area contributed by atoms with Crippen LogP contribution in [0.1, 0.15) is 65.1 Å². The summed E-state index contributed by atoms with van der Waals surface area (Å²) in [5, 5.41) is 4.64. The van der Waals surface area contributed by atoms with E-state index in [1.165, 1.54) is 37.2 Å². The van der Waals surface area contributed by atoms with Crippen molar-refractivity contribution >= 4 is 16.7 Å². The van der Waals surface area contributed by atoms with Crippen LogP contribution in [-0.4, -0.2) is 15.4 Å². The maximum atomic E-state index is 4.59. The lowest BCUT2D eigenvalue weighted by Crippen LogP contribution is -2.35. The van der Waals surface area contributed by atoms with Gasteiger partial charge >= 0.3 is 0 Å². The Bertz CT molecular complexity index is 373. The summed E-state index contributed by atoms with van der Waals surface area (Å²) in [6, 6.07) is 0.590. The molecule has 1 saturated carbocycles. The predicted molar refractivity (Wildman–Crippen MR) is 78.2 cm³/mol. The van der Waals surface area contributed by atoms with Crippen LogP contribution in [0.15, 0.2) is 0 Å². The van der Waals surface area contributed by atoms with Crippen LogP contribution >= 0.6 is 11.5 Å². The van der Waals surface area contributed by atoms with E-state index < -0.39 is 0 Å². The molecule has 1 aromatic heterocycles. The zero-order valence-corrected chi connectivity index (χ0v) is 12.8. The highest BCUT2D eigenvalue weighted by Gasteiger charge is 2.28. The second-order valence-corrected chi connectivity index (χ2v) is 6.81. The lowest BCUT2D eigenvalue weighted by atomic mass is 9.78. The zero-order chi connectivity index (χ0) is 13.1. The molecule has 1 aliphatic rings. The summed E-state index contributed by atoms with van der Waals surface area (Å²) >= 11 is 1.51. The monoisotopic (exact) mass is 267 g/mol.